The van der Waals surface area contributed by atoms with Gasteiger partial charge >= 0.3 is 5.97 Å². The van der Waals surface area contributed by atoms with Crippen LogP contribution in [0.5, 0.6) is 0 Å². The fourth-order valence-corrected chi connectivity index (χ4v) is 3.05. The topological polar surface area (TPSA) is 86.5 Å². The van der Waals surface area contributed by atoms with Gasteiger partial charge in [-0.1, -0.05) is 30.3 Å². The van der Waals surface area contributed by atoms with Gasteiger partial charge in [0.1, 0.15) is 5.57 Å². The van der Waals surface area contributed by atoms with E-state index in [4.69, 9.17) is 4.74 Å². The lowest BCUT2D eigenvalue weighted by atomic mass is 10.1. The van der Waals surface area contributed by atoms with Crippen molar-refractivity contribution in [2.24, 2.45) is 0 Å². The number of carbonyl (C=O) groups is 2. The number of benzene rings is 2. The fraction of sp³-hybridized carbons (Fsp3) is 0.200. The Kier molecular flexibility index (Phi) is 7.76. The number of hydrogen-bond acceptors (Lipinski definition) is 6. The van der Waals surface area contributed by atoms with Gasteiger partial charge in [-0.2, -0.15) is 0 Å². The SMILES string of the molecule is CC(=O)/C(=C\c1cccc([N+](=O)[O-])c1)C(=O)OCCCSc1ccccc1. The lowest BCUT2D eigenvalue weighted by molar-refractivity contribution is -0.384. The first-order chi connectivity index (χ1) is 13.0. The van der Waals surface area contributed by atoms with E-state index in [1.807, 2.05) is 30.3 Å². The van der Waals surface area contributed by atoms with E-state index in [0.717, 1.165) is 10.6 Å². The second kappa shape index (κ2) is 10.3. The quantitative estimate of drug-likeness (QED) is 0.0935. The van der Waals surface area contributed by atoms with Crippen molar-refractivity contribution < 1.29 is 19.2 Å². The van der Waals surface area contributed by atoms with Gasteiger partial charge in [0, 0.05) is 22.8 Å². The van der Waals surface area contributed by atoms with Crippen molar-refractivity contribution in [3.63, 3.8) is 0 Å². The summed E-state index contributed by atoms with van der Waals surface area (Å²) in [5.41, 5.74) is 0.148. The van der Waals surface area contributed by atoms with E-state index in [1.54, 1.807) is 17.8 Å². The van der Waals surface area contributed by atoms with Crippen molar-refractivity contribution in [2.75, 3.05) is 12.4 Å². The monoisotopic (exact) mass is 385 g/mol. The molecule has 6 nitrogen and oxygen atoms in total. The van der Waals surface area contributed by atoms with Crippen LogP contribution in [0.15, 0.2) is 65.1 Å². The van der Waals surface area contributed by atoms with Gasteiger partial charge in [-0.25, -0.2) is 4.79 Å². The van der Waals surface area contributed by atoms with Gasteiger partial charge in [-0.15, -0.1) is 11.8 Å². The van der Waals surface area contributed by atoms with Crippen molar-refractivity contribution >= 4 is 35.3 Å². The van der Waals surface area contributed by atoms with E-state index in [0.29, 0.717) is 12.0 Å². The zero-order valence-corrected chi connectivity index (χ0v) is 15.6. The standard InChI is InChI=1S/C20H19NO5S/c1-15(22)19(14-16-7-5-8-17(13-16)21(24)25)20(23)26-11-6-12-27-18-9-3-2-4-10-18/h2-5,7-10,13-14H,6,11-12H2,1H3/b19-14+. The summed E-state index contributed by atoms with van der Waals surface area (Å²) in [5.74, 6) is -0.398. The predicted molar refractivity (Wildman–Crippen MR) is 104 cm³/mol. The molecule has 140 valence electrons. The largest absolute Gasteiger partial charge is 0.462 e. The Morgan fingerprint density at radius 2 is 1.89 bits per heavy atom. The van der Waals surface area contributed by atoms with Gasteiger partial charge < -0.3 is 4.74 Å². The van der Waals surface area contributed by atoms with Crippen LogP contribution >= 0.6 is 11.8 Å². The van der Waals surface area contributed by atoms with Crippen molar-refractivity contribution in [2.45, 2.75) is 18.2 Å². The van der Waals surface area contributed by atoms with Crippen LogP contribution in [-0.2, 0) is 14.3 Å². The Bertz CT molecular complexity index is 848. The number of non-ortho nitro benzene ring substituents is 1. The lowest BCUT2D eigenvalue weighted by Crippen LogP contribution is -2.14. The first kappa shape index (κ1) is 20.4. The fourth-order valence-electron chi connectivity index (χ4n) is 2.21. The highest BCUT2D eigenvalue weighted by molar-refractivity contribution is 7.99. The zero-order chi connectivity index (χ0) is 19.6. The van der Waals surface area contributed by atoms with Gasteiger partial charge in [0.25, 0.3) is 5.69 Å². The molecule has 0 saturated heterocycles. The molecular weight excluding hydrogens is 366 g/mol. The van der Waals surface area contributed by atoms with E-state index < -0.39 is 16.7 Å². The normalized spacial score (nSPS) is 11.1. The van der Waals surface area contributed by atoms with Crippen LogP contribution in [0.3, 0.4) is 0 Å². The molecule has 0 unspecified atom stereocenters. The number of nitrogens with zero attached hydrogens (tertiary/aromatic N) is 1. The minimum absolute atomic E-state index is 0.113. The number of hydrogen-bond donors (Lipinski definition) is 0. The van der Waals surface area contributed by atoms with E-state index in [9.17, 15) is 19.7 Å². The van der Waals surface area contributed by atoms with Crippen LogP contribution in [0.4, 0.5) is 5.69 Å². The number of ether oxygens (including phenoxy) is 1. The number of thioether (sulfide) groups is 1. The summed E-state index contributed by atoms with van der Waals surface area (Å²) in [5, 5.41) is 10.8. The van der Waals surface area contributed by atoms with E-state index in [1.165, 1.54) is 31.2 Å². The summed E-state index contributed by atoms with van der Waals surface area (Å²) >= 11 is 1.66. The van der Waals surface area contributed by atoms with Crippen LogP contribution in [0.2, 0.25) is 0 Å². The van der Waals surface area contributed by atoms with Crippen molar-refractivity contribution in [1.82, 2.24) is 0 Å². The molecule has 0 N–H and O–H groups in total. The van der Waals surface area contributed by atoms with Crippen molar-refractivity contribution in [1.29, 1.82) is 0 Å². The maximum Gasteiger partial charge on any atom is 0.341 e. The minimum Gasteiger partial charge on any atom is -0.462 e. The third-order valence-electron chi connectivity index (χ3n) is 3.53. The Morgan fingerprint density at radius 1 is 1.15 bits per heavy atom. The summed E-state index contributed by atoms with van der Waals surface area (Å²) in [6.07, 6.45) is 1.96. The molecule has 0 saturated carbocycles. The molecule has 2 aromatic carbocycles. The van der Waals surface area contributed by atoms with Crippen LogP contribution in [0, 0.1) is 10.1 Å². The molecule has 0 fully saturated rings. The predicted octanol–water partition coefficient (Wildman–Crippen LogP) is 4.29. The average molecular weight is 385 g/mol. The molecule has 0 bridgehead atoms. The number of ketones is 1. The van der Waals surface area contributed by atoms with Gasteiger partial charge in [0.05, 0.1) is 11.5 Å². The first-order valence-electron chi connectivity index (χ1n) is 8.29. The summed E-state index contributed by atoms with van der Waals surface area (Å²) in [7, 11) is 0. The summed E-state index contributed by atoms with van der Waals surface area (Å²) in [4.78, 5) is 35.4. The second-order valence-electron chi connectivity index (χ2n) is 5.62. The summed E-state index contributed by atoms with van der Waals surface area (Å²) in [6, 6.07) is 15.6. The van der Waals surface area contributed by atoms with Gasteiger partial charge in [-0.05, 0) is 37.1 Å². The van der Waals surface area contributed by atoms with E-state index >= 15 is 0 Å². The maximum absolute atomic E-state index is 12.2. The molecule has 0 aliphatic heterocycles. The molecule has 27 heavy (non-hydrogen) atoms. The first-order valence-corrected chi connectivity index (χ1v) is 9.28. The molecule has 0 spiro atoms. The molecule has 7 heteroatoms. The molecule has 0 aliphatic rings. The van der Waals surface area contributed by atoms with Crippen molar-refractivity contribution in [3.05, 3.63) is 75.8 Å². The van der Waals surface area contributed by atoms with Gasteiger partial charge in [-0.3, -0.25) is 14.9 Å². The highest BCUT2D eigenvalue weighted by Gasteiger charge is 2.16. The van der Waals surface area contributed by atoms with Crippen LogP contribution in [0.25, 0.3) is 6.08 Å². The lowest BCUT2D eigenvalue weighted by Gasteiger charge is -2.06. The summed E-state index contributed by atoms with van der Waals surface area (Å²) < 4.78 is 5.18. The van der Waals surface area contributed by atoms with Crippen LogP contribution in [0.1, 0.15) is 18.9 Å². The highest BCUT2D eigenvalue weighted by atomic mass is 32.2. The Morgan fingerprint density at radius 3 is 2.56 bits per heavy atom. The summed E-state index contributed by atoms with van der Waals surface area (Å²) in [6.45, 7) is 1.45. The molecule has 0 heterocycles. The van der Waals surface area contributed by atoms with Crippen LogP contribution in [-0.4, -0.2) is 29.0 Å². The second-order valence-corrected chi connectivity index (χ2v) is 6.79. The number of nitro benzene ring substituents is 1. The minimum atomic E-state index is -0.723. The zero-order valence-electron chi connectivity index (χ0n) is 14.8. The average Bonchev–Trinajstić information content (AvgIpc) is 2.66. The molecule has 0 radical (unpaired) electrons. The molecule has 0 amide bonds. The van der Waals surface area contributed by atoms with E-state index in [2.05, 4.69) is 0 Å². The molecule has 2 rings (SSSR count). The van der Waals surface area contributed by atoms with Gasteiger partial charge in [0.15, 0.2) is 5.78 Å². The van der Waals surface area contributed by atoms with Crippen LogP contribution < -0.4 is 0 Å². The third kappa shape index (κ3) is 6.71. The third-order valence-corrected chi connectivity index (χ3v) is 4.62. The number of carbonyl (C=O) groups excluding carboxylic acids is 2. The molecule has 0 aromatic heterocycles. The van der Waals surface area contributed by atoms with Crippen molar-refractivity contribution in [3.8, 4) is 0 Å². The number of esters is 1. The highest BCUT2D eigenvalue weighted by Crippen LogP contribution is 2.19. The number of rotatable bonds is 9. The Labute approximate surface area is 161 Å². The molecule has 0 atom stereocenters. The number of nitro groups is 1. The Balaban J connectivity index is 1.91. The van der Waals surface area contributed by atoms with E-state index in [-0.39, 0.29) is 17.9 Å². The maximum atomic E-state index is 12.2. The molecule has 2 aromatic rings. The molecular formula is C20H19NO5S. The molecule has 0 aliphatic carbocycles. The smallest absolute Gasteiger partial charge is 0.341 e. The number of Topliss-reactive ketones (excluding diaryl/α,β-unsaturated/α-hetero) is 1. The van der Waals surface area contributed by atoms with Gasteiger partial charge in [0.2, 0.25) is 0 Å². The Hall–Kier alpha value is -2.93.